The number of carbonyl (C=O) groups is 1. The van der Waals surface area contributed by atoms with E-state index in [1.54, 1.807) is 11.0 Å². The van der Waals surface area contributed by atoms with Crippen LogP contribution in [0.2, 0.25) is 0 Å². The second kappa shape index (κ2) is 6.89. The maximum Gasteiger partial charge on any atom is 0.253 e. The lowest BCUT2D eigenvalue weighted by Gasteiger charge is -2.27. The minimum atomic E-state index is 0.0851. The van der Waals surface area contributed by atoms with Gasteiger partial charge in [0, 0.05) is 19.2 Å². The maximum absolute atomic E-state index is 12.6. The van der Waals surface area contributed by atoms with Crippen LogP contribution in [0.3, 0.4) is 0 Å². The number of nitrogens with zero attached hydrogens (tertiary/aromatic N) is 5. The highest BCUT2D eigenvalue weighted by Crippen LogP contribution is 2.24. The second-order valence-electron chi connectivity index (χ2n) is 6.45. The number of benzene rings is 1. The van der Waals surface area contributed by atoms with Gasteiger partial charge in [0.25, 0.3) is 5.91 Å². The van der Waals surface area contributed by atoms with Gasteiger partial charge in [0.1, 0.15) is 6.33 Å². The zero-order valence-electron chi connectivity index (χ0n) is 13.8. The summed E-state index contributed by atoms with van der Waals surface area (Å²) < 4.78 is 1.61. The Morgan fingerprint density at radius 2 is 2.09 bits per heavy atom. The molecule has 1 aromatic carbocycles. The molecule has 1 fully saturated rings. The molecule has 1 aliphatic rings. The molecule has 0 atom stereocenters. The third kappa shape index (κ3) is 3.57. The Kier molecular flexibility index (Phi) is 4.69. The van der Waals surface area contributed by atoms with E-state index in [2.05, 4.69) is 15.5 Å². The van der Waals surface area contributed by atoms with Gasteiger partial charge in [0.2, 0.25) is 0 Å². The van der Waals surface area contributed by atoms with E-state index < -0.39 is 0 Å². The number of aromatic nitrogens is 4. The van der Waals surface area contributed by atoms with Gasteiger partial charge in [-0.25, -0.2) is 4.68 Å². The number of amides is 1. The number of tetrazole rings is 1. The van der Waals surface area contributed by atoms with E-state index in [9.17, 15) is 4.79 Å². The highest BCUT2D eigenvalue weighted by Gasteiger charge is 2.19. The molecule has 1 saturated carbocycles. The first kappa shape index (κ1) is 15.6. The van der Waals surface area contributed by atoms with Gasteiger partial charge in [-0.2, -0.15) is 0 Å². The Hall–Kier alpha value is -2.24. The average Bonchev–Trinajstić information content (AvgIpc) is 3.09. The van der Waals surface area contributed by atoms with Crippen LogP contribution < -0.4 is 0 Å². The molecule has 1 amide bonds. The fourth-order valence-corrected chi connectivity index (χ4v) is 3.38. The fraction of sp³-hybridized carbons (Fsp3) is 0.529. The molecule has 3 rings (SSSR count). The van der Waals surface area contributed by atoms with E-state index in [1.165, 1.54) is 32.1 Å². The first-order chi connectivity index (χ1) is 11.1. The van der Waals surface area contributed by atoms with Crippen molar-refractivity contribution in [2.24, 2.45) is 5.92 Å². The molecular weight excluding hydrogens is 290 g/mol. The molecule has 0 radical (unpaired) electrons. The van der Waals surface area contributed by atoms with Crippen LogP contribution >= 0.6 is 0 Å². The summed E-state index contributed by atoms with van der Waals surface area (Å²) in [6.07, 6.45) is 7.98. The van der Waals surface area contributed by atoms with Crippen LogP contribution in [0.1, 0.15) is 48.0 Å². The molecule has 1 aliphatic carbocycles. The van der Waals surface area contributed by atoms with Crippen LogP contribution in [0.15, 0.2) is 24.5 Å². The molecule has 0 unspecified atom stereocenters. The largest absolute Gasteiger partial charge is 0.341 e. The Morgan fingerprint density at radius 3 is 2.74 bits per heavy atom. The van der Waals surface area contributed by atoms with E-state index in [4.69, 9.17) is 0 Å². The minimum absolute atomic E-state index is 0.0851. The van der Waals surface area contributed by atoms with Crippen molar-refractivity contribution in [3.63, 3.8) is 0 Å². The molecular formula is C17H23N5O. The first-order valence-electron chi connectivity index (χ1n) is 8.24. The molecule has 23 heavy (non-hydrogen) atoms. The van der Waals surface area contributed by atoms with Crippen LogP contribution in [0.5, 0.6) is 0 Å². The lowest BCUT2D eigenvalue weighted by molar-refractivity contribution is 0.0760. The smallest absolute Gasteiger partial charge is 0.253 e. The normalized spacial score (nSPS) is 15.6. The van der Waals surface area contributed by atoms with Crippen molar-refractivity contribution in [2.45, 2.75) is 39.0 Å². The van der Waals surface area contributed by atoms with Crippen molar-refractivity contribution in [3.05, 3.63) is 35.7 Å². The topological polar surface area (TPSA) is 63.9 Å². The molecule has 1 aromatic heterocycles. The first-order valence-corrected chi connectivity index (χ1v) is 8.24. The molecule has 0 spiro atoms. The van der Waals surface area contributed by atoms with E-state index in [1.807, 2.05) is 37.1 Å². The number of carbonyl (C=O) groups excluding carboxylic acids is 1. The van der Waals surface area contributed by atoms with Gasteiger partial charge in [0.05, 0.1) is 5.69 Å². The van der Waals surface area contributed by atoms with Gasteiger partial charge in [-0.3, -0.25) is 4.79 Å². The molecule has 0 bridgehead atoms. The van der Waals surface area contributed by atoms with E-state index >= 15 is 0 Å². The van der Waals surface area contributed by atoms with Crippen LogP contribution in [-0.2, 0) is 0 Å². The van der Waals surface area contributed by atoms with Gasteiger partial charge in [-0.1, -0.05) is 19.3 Å². The molecule has 6 nitrogen and oxygen atoms in total. The molecule has 6 heteroatoms. The number of hydrogen-bond donors (Lipinski definition) is 0. The van der Waals surface area contributed by atoms with Gasteiger partial charge >= 0.3 is 0 Å². The Labute approximate surface area is 136 Å². The summed E-state index contributed by atoms with van der Waals surface area (Å²) in [5.74, 6) is 0.737. The Morgan fingerprint density at radius 1 is 1.30 bits per heavy atom. The van der Waals surface area contributed by atoms with Crippen molar-refractivity contribution < 1.29 is 4.79 Å². The lowest BCUT2D eigenvalue weighted by atomic mass is 9.89. The van der Waals surface area contributed by atoms with Crippen LogP contribution in [0, 0.1) is 12.8 Å². The van der Waals surface area contributed by atoms with E-state index in [0.29, 0.717) is 5.92 Å². The Balaban J connectivity index is 1.70. The maximum atomic E-state index is 12.6. The SMILES string of the molecule is Cc1cc(C(=O)N(C)CC2CCCCC2)ccc1-n1cnnn1. The second-order valence-corrected chi connectivity index (χ2v) is 6.45. The number of hydrogen-bond acceptors (Lipinski definition) is 4. The van der Waals surface area contributed by atoms with E-state index in [0.717, 1.165) is 23.4 Å². The summed E-state index contributed by atoms with van der Waals surface area (Å²) >= 11 is 0. The summed E-state index contributed by atoms with van der Waals surface area (Å²) in [5, 5.41) is 11.2. The summed E-state index contributed by atoms with van der Waals surface area (Å²) in [6.45, 7) is 2.82. The third-order valence-electron chi connectivity index (χ3n) is 4.64. The van der Waals surface area contributed by atoms with Gasteiger partial charge in [-0.15, -0.1) is 5.10 Å². The van der Waals surface area contributed by atoms with Crippen molar-refractivity contribution in [2.75, 3.05) is 13.6 Å². The third-order valence-corrected chi connectivity index (χ3v) is 4.64. The zero-order valence-corrected chi connectivity index (χ0v) is 13.8. The quantitative estimate of drug-likeness (QED) is 0.870. The summed E-state index contributed by atoms with van der Waals surface area (Å²) in [6, 6.07) is 5.66. The standard InChI is InChI=1S/C17H23N5O/c1-13-10-15(8-9-16(13)22-12-18-19-20-22)17(23)21(2)11-14-6-4-3-5-7-14/h8-10,12,14H,3-7,11H2,1-2H3. The predicted molar refractivity (Wildman–Crippen MR) is 87.4 cm³/mol. The molecule has 0 aliphatic heterocycles. The van der Waals surface area contributed by atoms with Gasteiger partial charge < -0.3 is 4.90 Å². The van der Waals surface area contributed by atoms with Crippen LogP contribution in [-0.4, -0.2) is 44.6 Å². The van der Waals surface area contributed by atoms with Crippen molar-refractivity contribution in [1.29, 1.82) is 0 Å². The highest BCUT2D eigenvalue weighted by atomic mass is 16.2. The molecule has 0 saturated heterocycles. The summed E-state index contributed by atoms with van der Waals surface area (Å²) in [5.41, 5.74) is 2.59. The van der Waals surface area contributed by atoms with Crippen molar-refractivity contribution >= 4 is 5.91 Å². The molecule has 122 valence electrons. The van der Waals surface area contributed by atoms with E-state index in [-0.39, 0.29) is 5.91 Å². The molecule has 0 N–H and O–H groups in total. The lowest BCUT2D eigenvalue weighted by Crippen LogP contribution is -2.32. The number of rotatable bonds is 4. The molecule has 1 heterocycles. The summed E-state index contributed by atoms with van der Waals surface area (Å²) in [4.78, 5) is 14.5. The predicted octanol–water partition coefficient (Wildman–Crippen LogP) is 2.62. The monoisotopic (exact) mass is 313 g/mol. The van der Waals surface area contributed by atoms with Crippen molar-refractivity contribution in [3.8, 4) is 5.69 Å². The fourth-order valence-electron chi connectivity index (χ4n) is 3.38. The highest BCUT2D eigenvalue weighted by molar-refractivity contribution is 5.94. The van der Waals surface area contributed by atoms with Crippen LogP contribution in [0.25, 0.3) is 5.69 Å². The Bertz CT molecular complexity index is 662. The number of aryl methyl sites for hydroxylation is 1. The zero-order chi connectivity index (χ0) is 16.2. The van der Waals surface area contributed by atoms with Crippen LogP contribution in [0.4, 0.5) is 0 Å². The van der Waals surface area contributed by atoms with Gasteiger partial charge in [0.15, 0.2) is 0 Å². The van der Waals surface area contributed by atoms with Crippen molar-refractivity contribution in [1.82, 2.24) is 25.1 Å². The average molecular weight is 313 g/mol. The minimum Gasteiger partial charge on any atom is -0.341 e. The summed E-state index contributed by atoms with van der Waals surface area (Å²) in [7, 11) is 1.90. The van der Waals surface area contributed by atoms with Gasteiger partial charge in [-0.05, 0) is 59.9 Å². The molecule has 2 aromatic rings.